The second-order valence-electron chi connectivity index (χ2n) is 20.3. The molecule has 0 saturated carbocycles. The third-order valence-corrected chi connectivity index (χ3v) is 14.2. The molecule has 2 rings (SSSR count). The summed E-state index contributed by atoms with van der Waals surface area (Å²) in [5.41, 5.74) is 0. The Kier molecular flexibility index (Phi) is 36.1. The van der Waals surface area contributed by atoms with Gasteiger partial charge >= 0.3 is 11.9 Å². The molecule has 2 aliphatic rings. The summed E-state index contributed by atoms with van der Waals surface area (Å²) in [5.74, 6) is -0.534. The van der Waals surface area contributed by atoms with E-state index in [1.807, 2.05) is 0 Å². The van der Waals surface area contributed by atoms with Gasteiger partial charge in [0.05, 0.1) is 0 Å². The Morgan fingerprint density at radius 1 is 0.373 bits per heavy atom. The van der Waals surface area contributed by atoms with Crippen molar-refractivity contribution >= 4 is 11.9 Å². The molecule has 0 aliphatic carbocycles. The van der Waals surface area contributed by atoms with Gasteiger partial charge in [0.25, 0.3) is 0 Å². The maximum absolute atomic E-state index is 13.2. The van der Waals surface area contributed by atoms with Crippen LogP contribution in [0.4, 0.5) is 0 Å². The van der Waals surface area contributed by atoms with E-state index in [1.165, 1.54) is 128 Å². The molecule has 396 valence electrons. The predicted octanol–water partition coefficient (Wildman–Crippen LogP) is 10.3. The average molecular weight is 959 g/mol. The maximum Gasteiger partial charge on any atom is 0.306 e. The summed E-state index contributed by atoms with van der Waals surface area (Å²) in [6.45, 7) is 8.01. The van der Waals surface area contributed by atoms with Gasteiger partial charge in [-0.25, -0.2) is 0 Å². The minimum atomic E-state index is -1.81. The minimum absolute atomic E-state index is 0.171. The molecule has 6 N–H and O–H groups in total. The molecule has 0 radical (unpaired) electrons. The molecule has 0 aromatic carbocycles. The minimum Gasteiger partial charge on any atom is -0.463 e. The summed E-state index contributed by atoms with van der Waals surface area (Å²) >= 11 is 0. The van der Waals surface area contributed by atoms with Crippen LogP contribution in [0.3, 0.4) is 0 Å². The summed E-state index contributed by atoms with van der Waals surface area (Å²) in [7, 11) is 0. The molecule has 2 aliphatic heterocycles. The molecule has 0 aromatic rings. The molecular weight excluding hydrogens is 857 g/mol. The lowest BCUT2D eigenvalue weighted by Crippen LogP contribution is -2.64. The third-order valence-electron chi connectivity index (χ3n) is 14.2. The monoisotopic (exact) mass is 959 g/mol. The molecule has 13 nitrogen and oxygen atoms in total. The summed E-state index contributed by atoms with van der Waals surface area (Å²) in [5, 5.41) is 65.0. The van der Waals surface area contributed by atoms with Crippen LogP contribution in [0.1, 0.15) is 246 Å². The lowest BCUT2D eigenvalue weighted by molar-refractivity contribution is -0.376. The SMILES string of the molecule is CCCCCCCCCC(CCCCCCCCC)CC(=O)OCC1O[C@H](O[C@H]2OC(COC(=O)CC(CCCCCCCCC)CCCCCCCCC)[C@@H](O)[C@H](O)C2O)C(O)[C@@H](O)[C@@H]1O. The molecule has 2 fully saturated rings. The van der Waals surface area contributed by atoms with Crippen LogP contribution in [0, 0.1) is 11.8 Å². The fraction of sp³-hybridized carbons (Fsp3) is 0.963. The first-order chi connectivity index (χ1) is 32.5. The Labute approximate surface area is 407 Å². The van der Waals surface area contributed by atoms with E-state index in [1.54, 1.807) is 0 Å². The normalized spacial score (nSPS) is 25.6. The topological polar surface area (TPSA) is 202 Å². The molecule has 0 spiro atoms. The van der Waals surface area contributed by atoms with Crippen LogP contribution in [0.25, 0.3) is 0 Å². The van der Waals surface area contributed by atoms with Gasteiger partial charge in [0.15, 0.2) is 12.6 Å². The Morgan fingerprint density at radius 2 is 0.627 bits per heavy atom. The second-order valence-corrected chi connectivity index (χ2v) is 20.3. The Bertz CT molecular complexity index is 1070. The number of carbonyl (C=O) groups is 2. The molecule has 13 heteroatoms. The van der Waals surface area contributed by atoms with Gasteiger partial charge in [0.2, 0.25) is 0 Å². The van der Waals surface area contributed by atoms with Crippen molar-refractivity contribution in [2.75, 3.05) is 13.2 Å². The molecule has 2 heterocycles. The van der Waals surface area contributed by atoms with E-state index in [0.717, 1.165) is 77.0 Å². The van der Waals surface area contributed by atoms with E-state index >= 15 is 0 Å². The van der Waals surface area contributed by atoms with Crippen molar-refractivity contribution in [3.8, 4) is 0 Å². The fourth-order valence-electron chi connectivity index (χ4n) is 9.66. The highest BCUT2D eigenvalue weighted by molar-refractivity contribution is 5.70. The fourth-order valence-corrected chi connectivity index (χ4v) is 9.66. The molecule has 0 amide bonds. The van der Waals surface area contributed by atoms with Crippen LogP contribution in [0.15, 0.2) is 0 Å². The highest BCUT2D eigenvalue weighted by Gasteiger charge is 2.50. The van der Waals surface area contributed by atoms with Gasteiger partial charge < -0.3 is 54.3 Å². The van der Waals surface area contributed by atoms with Crippen molar-refractivity contribution in [2.45, 2.75) is 307 Å². The smallest absolute Gasteiger partial charge is 0.306 e. The summed E-state index contributed by atoms with van der Waals surface area (Å²) in [6.07, 6.45) is 21.2. The number of hydrogen-bond acceptors (Lipinski definition) is 13. The molecule has 2 saturated heterocycles. The number of aliphatic hydroxyl groups is 6. The predicted molar refractivity (Wildman–Crippen MR) is 263 cm³/mol. The number of unbranched alkanes of at least 4 members (excludes halogenated alkanes) is 24. The molecular formula is C54H102O13. The van der Waals surface area contributed by atoms with Crippen LogP contribution in [0.2, 0.25) is 0 Å². The van der Waals surface area contributed by atoms with Crippen LogP contribution < -0.4 is 0 Å². The van der Waals surface area contributed by atoms with Crippen LogP contribution >= 0.6 is 0 Å². The lowest BCUT2D eigenvalue weighted by Gasteiger charge is -2.44. The van der Waals surface area contributed by atoms with E-state index in [0.29, 0.717) is 0 Å². The van der Waals surface area contributed by atoms with Gasteiger partial charge in [0, 0.05) is 12.8 Å². The molecule has 67 heavy (non-hydrogen) atoms. The van der Waals surface area contributed by atoms with Gasteiger partial charge in [-0.1, -0.05) is 207 Å². The number of esters is 2. The van der Waals surface area contributed by atoms with E-state index in [4.69, 9.17) is 23.7 Å². The van der Waals surface area contributed by atoms with Crippen molar-refractivity contribution < 1.29 is 63.9 Å². The first-order valence-corrected chi connectivity index (χ1v) is 27.8. The van der Waals surface area contributed by atoms with Gasteiger partial charge in [-0.05, 0) is 37.5 Å². The van der Waals surface area contributed by atoms with E-state index < -0.39 is 86.6 Å². The molecule has 0 aromatic heterocycles. The number of carbonyl (C=O) groups excluding carboxylic acids is 2. The van der Waals surface area contributed by atoms with Crippen molar-refractivity contribution in [1.82, 2.24) is 0 Å². The Balaban J connectivity index is 1.96. The molecule has 4 unspecified atom stereocenters. The van der Waals surface area contributed by atoms with Crippen LogP contribution in [-0.2, 0) is 33.3 Å². The summed E-state index contributed by atoms with van der Waals surface area (Å²) < 4.78 is 28.6. The average Bonchev–Trinajstić information content (AvgIpc) is 3.31. The first-order valence-electron chi connectivity index (χ1n) is 27.8. The zero-order valence-electron chi connectivity index (χ0n) is 42.9. The molecule has 0 bridgehead atoms. The van der Waals surface area contributed by atoms with E-state index in [2.05, 4.69) is 27.7 Å². The van der Waals surface area contributed by atoms with Crippen molar-refractivity contribution in [1.29, 1.82) is 0 Å². The number of aliphatic hydroxyl groups excluding tert-OH is 6. The number of hydrogen-bond donors (Lipinski definition) is 6. The number of ether oxygens (including phenoxy) is 5. The molecule has 10 atom stereocenters. The largest absolute Gasteiger partial charge is 0.463 e. The second kappa shape index (κ2) is 39.2. The van der Waals surface area contributed by atoms with Gasteiger partial charge in [0.1, 0.15) is 62.0 Å². The quantitative estimate of drug-likeness (QED) is 0.0250. The van der Waals surface area contributed by atoms with Crippen molar-refractivity contribution in [3.63, 3.8) is 0 Å². The summed E-state index contributed by atoms with van der Waals surface area (Å²) in [6, 6.07) is 0. The van der Waals surface area contributed by atoms with Gasteiger partial charge in [-0.15, -0.1) is 0 Å². The lowest BCUT2D eigenvalue weighted by atomic mass is 9.91. The highest BCUT2D eigenvalue weighted by atomic mass is 16.8. The standard InChI is InChI=1S/C54H102O13/c1-5-9-13-17-21-25-29-33-41(34-30-26-22-18-14-10-6-2)37-45(55)63-39-43-47(57)49(59)51(61)53(65-43)67-54-52(62)50(60)48(58)44(66-54)40-64-46(56)38-42(35-31-27-23-19-15-11-7-3)36-32-28-24-20-16-12-8-4/h41-44,47-54,57-62H,5-40H2,1-4H3/t43?,44?,47-,48-,49+,50+,51?,52?,53-,54-/m1/s1. The van der Waals surface area contributed by atoms with Gasteiger partial charge in [-0.3, -0.25) is 9.59 Å². The first kappa shape index (κ1) is 61.7. The Morgan fingerprint density at radius 3 is 0.896 bits per heavy atom. The van der Waals surface area contributed by atoms with E-state index in [-0.39, 0.29) is 24.7 Å². The van der Waals surface area contributed by atoms with Gasteiger partial charge in [-0.2, -0.15) is 0 Å². The Hall–Kier alpha value is -1.42. The highest BCUT2D eigenvalue weighted by Crippen LogP contribution is 2.30. The number of rotatable bonds is 42. The van der Waals surface area contributed by atoms with Crippen molar-refractivity contribution in [3.05, 3.63) is 0 Å². The zero-order valence-corrected chi connectivity index (χ0v) is 42.9. The zero-order chi connectivity index (χ0) is 49.1. The summed E-state index contributed by atoms with van der Waals surface area (Å²) in [4.78, 5) is 26.5. The van der Waals surface area contributed by atoms with E-state index in [9.17, 15) is 40.2 Å². The maximum atomic E-state index is 13.2. The third kappa shape index (κ3) is 27.1. The van der Waals surface area contributed by atoms with Crippen molar-refractivity contribution in [2.24, 2.45) is 11.8 Å². The van der Waals surface area contributed by atoms with Crippen LogP contribution in [0.5, 0.6) is 0 Å². The van der Waals surface area contributed by atoms with Crippen LogP contribution in [-0.4, -0.2) is 117 Å².